The molecule has 5 heteroatoms. The van der Waals surface area contributed by atoms with Gasteiger partial charge in [0.2, 0.25) is 0 Å². The Hall–Kier alpha value is -2.82. The SMILES string of the molecule is CCN(c1ccc(C(=O)Nc2ccc(C(=O)NCC(C)C)cc2C)cc1)C(C)C. The molecule has 0 saturated carbocycles. The second-order valence-corrected chi connectivity index (χ2v) is 8.01. The van der Waals surface area contributed by atoms with Gasteiger partial charge in [0.1, 0.15) is 0 Å². The van der Waals surface area contributed by atoms with Crippen LogP contribution in [0.15, 0.2) is 42.5 Å². The zero-order valence-corrected chi connectivity index (χ0v) is 18.4. The topological polar surface area (TPSA) is 61.4 Å². The fraction of sp³-hybridized carbons (Fsp3) is 0.417. The Labute approximate surface area is 174 Å². The van der Waals surface area contributed by atoms with Gasteiger partial charge >= 0.3 is 0 Å². The van der Waals surface area contributed by atoms with Crippen molar-refractivity contribution < 1.29 is 9.59 Å². The molecule has 2 amide bonds. The minimum Gasteiger partial charge on any atom is -0.369 e. The Morgan fingerprint density at radius 3 is 2.07 bits per heavy atom. The van der Waals surface area contributed by atoms with Crippen molar-refractivity contribution in [3.63, 3.8) is 0 Å². The number of benzene rings is 2. The minimum absolute atomic E-state index is 0.0964. The molecule has 0 radical (unpaired) electrons. The third-order valence-electron chi connectivity index (χ3n) is 4.83. The van der Waals surface area contributed by atoms with Crippen molar-refractivity contribution in [3.05, 3.63) is 59.2 Å². The van der Waals surface area contributed by atoms with Crippen LogP contribution in [0.4, 0.5) is 11.4 Å². The summed E-state index contributed by atoms with van der Waals surface area (Å²) in [4.78, 5) is 27.1. The van der Waals surface area contributed by atoms with Crippen LogP contribution in [-0.2, 0) is 0 Å². The van der Waals surface area contributed by atoms with Crippen LogP contribution in [0.25, 0.3) is 0 Å². The molecule has 2 aromatic rings. The second-order valence-electron chi connectivity index (χ2n) is 8.01. The van der Waals surface area contributed by atoms with E-state index in [0.29, 0.717) is 35.3 Å². The number of hydrogen-bond acceptors (Lipinski definition) is 3. The van der Waals surface area contributed by atoms with Gasteiger partial charge < -0.3 is 15.5 Å². The lowest BCUT2D eigenvalue weighted by atomic mass is 10.1. The van der Waals surface area contributed by atoms with Crippen LogP contribution in [0.1, 0.15) is 60.9 Å². The van der Waals surface area contributed by atoms with Crippen molar-refractivity contribution in [3.8, 4) is 0 Å². The van der Waals surface area contributed by atoms with E-state index in [1.165, 1.54) is 0 Å². The minimum atomic E-state index is -0.163. The van der Waals surface area contributed by atoms with Crippen LogP contribution in [0.3, 0.4) is 0 Å². The summed E-state index contributed by atoms with van der Waals surface area (Å²) in [5.41, 5.74) is 3.86. The first-order chi connectivity index (χ1) is 13.7. The highest BCUT2D eigenvalue weighted by Crippen LogP contribution is 2.20. The quantitative estimate of drug-likeness (QED) is 0.670. The van der Waals surface area contributed by atoms with E-state index >= 15 is 0 Å². The molecular formula is C24H33N3O2. The monoisotopic (exact) mass is 395 g/mol. The lowest BCUT2D eigenvalue weighted by Gasteiger charge is -2.27. The number of amides is 2. The Bertz CT molecular complexity index is 842. The van der Waals surface area contributed by atoms with Crippen molar-refractivity contribution in [2.24, 2.45) is 5.92 Å². The Kier molecular flexibility index (Phi) is 7.82. The maximum Gasteiger partial charge on any atom is 0.255 e. The number of rotatable bonds is 8. The fourth-order valence-electron chi connectivity index (χ4n) is 3.19. The molecule has 29 heavy (non-hydrogen) atoms. The molecule has 2 aromatic carbocycles. The zero-order valence-electron chi connectivity index (χ0n) is 18.4. The van der Waals surface area contributed by atoms with E-state index in [-0.39, 0.29) is 11.8 Å². The predicted octanol–water partition coefficient (Wildman–Crippen LogP) is 4.87. The summed E-state index contributed by atoms with van der Waals surface area (Å²) in [6.45, 7) is 14.0. The molecule has 0 aliphatic heterocycles. The predicted molar refractivity (Wildman–Crippen MR) is 121 cm³/mol. The molecule has 0 aliphatic carbocycles. The van der Waals surface area contributed by atoms with Crippen LogP contribution in [0, 0.1) is 12.8 Å². The standard InChI is InChI=1S/C24H33N3O2/c1-7-27(17(4)5)21-11-8-19(9-12-21)24(29)26-22-13-10-20(14-18(22)6)23(28)25-15-16(2)3/h8-14,16-17H,7,15H2,1-6H3,(H,25,28)(H,26,29). The highest BCUT2D eigenvalue weighted by molar-refractivity contribution is 6.05. The molecule has 0 fully saturated rings. The van der Waals surface area contributed by atoms with Gasteiger partial charge in [0, 0.05) is 41.6 Å². The smallest absolute Gasteiger partial charge is 0.255 e. The molecule has 0 atom stereocenters. The number of anilines is 2. The first-order valence-corrected chi connectivity index (χ1v) is 10.3. The molecule has 2 rings (SSSR count). The molecule has 0 saturated heterocycles. The summed E-state index contributed by atoms with van der Waals surface area (Å²) in [5, 5.41) is 5.85. The highest BCUT2D eigenvalue weighted by atomic mass is 16.2. The van der Waals surface area contributed by atoms with E-state index in [2.05, 4.69) is 50.2 Å². The number of carbonyl (C=O) groups is 2. The molecular weight excluding hydrogens is 362 g/mol. The van der Waals surface area contributed by atoms with Crippen molar-refractivity contribution in [2.75, 3.05) is 23.3 Å². The third-order valence-corrected chi connectivity index (χ3v) is 4.83. The fourth-order valence-corrected chi connectivity index (χ4v) is 3.19. The van der Waals surface area contributed by atoms with Crippen LogP contribution in [0.2, 0.25) is 0 Å². The number of nitrogens with one attached hydrogen (secondary N) is 2. The summed E-state index contributed by atoms with van der Waals surface area (Å²) in [5.74, 6) is 0.139. The maximum atomic E-state index is 12.6. The van der Waals surface area contributed by atoms with Gasteiger partial charge in [-0.3, -0.25) is 9.59 Å². The lowest BCUT2D eigenvalue weighted by Crippen LogP contribution is -2.30. The Morgan fingerprint density at radius 1 is 0.931 bits per heavy atom. The number of hydrogen-bond donors (Lipinski definition) is 2. The van der Waals surface area contributed by atoms with Gasteiger partial charge in [0.15, 0.2) is 0 Å². The van der Waals surface area contributed by atoms with Gasteiger partial charge in [-0.2, -0.15) is 0 Å². The zero-order chi connectivity index (χ0) is 21.6. The van der Waals surface area contributed by atoms with Crippen molar-refractivity contribution in [2.45, 2.75) is 47.6 Å². The van der Waals surface area contributed by atoms with Crippen LogP contribution >= 0.6 is 0 Å². The number of carbonyl (C=O) groups excluding carboxylic acids is 2. The van der Waals surface area contributed by atoms with Gasteiger partial charge in [-0.25, -0.2) is 0 Å². The summed E-state index contributed by atoms with van der Waals surface area (Å²) >= 11 is 0. The first-order valence-electron chi connectivity index (χ1n) is 10.3. The second kappa shape index (κ2) is 10.1. The molecule has 2 N–H and O–H groups in total. The van der Waals surface area contributed by atoms with Gasteiger partial charge in [0.25, 0.3) is 11.8 Å². The number of aryl methyl sites for hydroxylation is 1. The van der Waals surface area contributed by atoms with E-state index in [1.807, 2.05) is 31.2 Å². The van der Waals surface area contributed by atoms with Crippen LogP contribution < -0.4 is 15.5 Å². The van der Waals surface area contributed by atoms with Gasteiger partial charge in [-0.15, -0.1) is 0 Å². The van der Waals surface area contributed by atoms with Crippen molar-refractivity contribution >= 4 is 23.2 Å². The molecule has 0 unspecified atom stereocenters. The summed E-state index contributed by atoms with van der Waals surface area (Å²) in [7, 11) is 0. The largest absolute Gasteiger partial charge is 0.369 e. The van der Waals surface area contributed by atoms with E-state index in [4.69, 9.17) is 0 Å². The average molecular weight is 396 g/mol. The Balaban J connectivity index is 2.07. The van der Waals surface area contributed by atoms with Crippen LogP contribution in [-0.4, -0.2) is 30.9 Å². The highest BCUT2D eigenvalue weighted by Gasteiger charge is 2.13. The molecule has 0 heterocycles. The average Bonchev–Trinajstić information content (AvgIpc) is 2.68. The van der Waals surface area contributed by atoms with Gasteiger partial charge in [0.05, 0.1) is 0 Å². The van der Waals surface area contributed by atoms with E-state index in [9.17, 15) is 9.59 Å². The third kappa shape index (κ3) is 6.08. The van der Waals surface area contributed by atoms with E-state index in [0.717, 1.165) is 17.8 Å². The van der Waals surface area contributed by atoms with E-state index < -0.39 is 0 Å². The van der Waals surface area contributed by atoms with Crippen molar-refractivity contribution in [1.29, 1.82) is 0 Å². The summed E-state index contributed by atoms with van der Waals surface area (Å²) in [6, 6.07) is 13.4. The molecule has 0 aliphatic rings. The van der Waals surface area contributed by atoms with E-state index in [1.54, 1.807) is 18.2 Å². The molecule has 156 valence electrons. The summed E-state index contributed by atoms with van der Waals surface area (Å²) in [6.07, 6.45) is 0. The van der Waals surface area contributed by atoms with Crippen LogP contribution in [0.5, 0.6) is 0 Å². The first kappa shape index (κ1) is 22.5. The van der Waals surface area contributed by atoms with Gasteiger partial charge in [-0.1, -0.05) is 13.8 Å². The Morgan fingerprint density at radius 2 is 1.55 bits per heavy atom. The molecule has 0 bridgehead atoms. The van der Waals surface area contributed by atoms with Crippen molar-refractivity contribution in [1.82, 2.24) is 5.32 Å². The number of nitrogens with zero attached hydrogens (tertiary/aromatic N) is 1. The normalized spacial score (nSPS) is 10.9. The molecule has 0 aromatic heterocycles. The lowest BCUT2D eigenvalue weighted by molar-refractivity contribution is 0.0948. The summed E-state index contributed by atoms with van der Waals surface area (Å²) < 4.78 is 0. The molecule has 0 spiro atoms. The van der Waals surface area contributed by atoms with Gasteiger partial charge in [-0.05, 0) is 81.6 Å². The molecule has 5 nitrogen and oxygen atoms in total. The maximum absolute atomic E-state index is 12.6.